The summed E-state index contributed by atoms with van der Waals surface area (Å²) in [5.41, 5.74) is 1.51. The van der Waals surface area contributed by atoms with Crippen LogP contribution in [0.5, 0.6) is 5.75 Å². The van der Waals surface area contributed by atoms with E-state index in [1.54, 1.807) is 43.6 Å². The summed E-state index contributed by atoms with van der Waals surface area (Å²) in [4.78, 5) is 11.9. The van der Waals surface area contributed by atoms with Crippen LogP contribution in [0.15, 0.2) is 73.0 Å². The van der Waals surface area contributed by atoms with Crippen molar-refractivity contribution in [2.45, 2.75) is 25.1 Å². The van der Waals surface area contributed by atoms with Gasteiger partial charge in [-0.15, -0.1) is 0 Å². The molecular weight excluding hydrogens is 505 g/mol. The van der Waals surface area contributed by atoms with Crippen LogP contribution in [-0.2, 0) is 16.2 Å². The van der Waals surface area contributed by atoms with E-state index in [2.05, 4.69) is 21.5 Å². The molecule has 1 aromatic carbocycles. The van der Waals surface area contributed by atoms with Crippen molar-refractivity contribution in [3.8, 4) is 28.1 Å². The third-order valence-corrected chi connectivity index (χ3v) is 8.26. The Bertz CT molecular complexity index is 1600. The van der Waals surface area contributed by atoms with Gasteiger partial charge in [0.1, 0.15) is 12.4 Å². The number of H-pyrrole nitrogens is 1. The molecule has 1 N–H and O–H groups in total. The summed E-state index contributed by atoms with van der Waals surface area (Å²) in [6.45, 7) is 5.59. The minimum atomic E-state index is -4.50. The molecule has 1 saturated heterocycles. The number of sulfonamides is 1. The number of ether oxygens (including phenoxy) is 1. The lowest BCUT2D eigenvalue weighted by molar-refractivity contribution is -0.137. The van der Waals surface area contributed by atoms with Crippen LogP contribution in [-0.4, -0.2) is 46.4 Å². The van der Waals surface area contributed by atoms with Gasteiger partial charge >= 0.3 is 6.18 Å². The molecule has 192 valence electrons. The summed E-state index contributed by atoms with van der Waals surface area (Å²) >= 11 is 0. The average Bonchev–Trinajstić information content (AvgIpc) is 3.25. The molecule has 11 heteroatoms. The summed E-state index contributed by atoms with van der Waals surface area (Å²) in [6, 6.07) is 10.3. The van der Waals surface area contributed by atoms with Crippen LogP contribution in [0, 0.1) is 0 Å². The number of rotatable bonds is 7. The number of aromatic nitrogens is 3. The quantitative estimate of drug-likeness (QED) is 0.336. The van der Waals surface area contributed by atoms with Crippen molar-refractivity contribution in [3.63, 3.8) is 0 Å². The van der Waals surface area contributed by atoms with Gasteiger partial charge in [-0.3, -0.25) is 9.97 Å². The minimum Gasteiger partial charge on any atom is -0.489 e. The largest absolute Gasteiger partial charge is 0.489 e. The Morgan fingerprint density at radius 3 is 2.73 bits per heavy atom. The maximum Gasteiger partial charge on any atom is 0.416 e. The molecule has 3 aromatic heterocycles. The molecular formula is C26H23F3N4O3S. The molecule has 1 aliphatic heterocycles. The van der Waals surface area contributed by atoms with Gasteiger partial charge in [-0.1, -0.05) is 18.7 Å². The van der Waals surface area contributed by atoms with Gasteiger partial charge in [0.05, 0.1) is 34.0 Å². The molecule has 1 unspecified atom stereocenters. The lowest BCUT2D eigenvalue weighted by Crippen LogP contribution is -2.62. The predicted molar refractivity (Wildman–Crippen MR) is 134 cm³/mol. The summed E-state index contributed by atoms with van der Waals surface area (Å²) in [7, 11) is -3.62. The van der Waals surface area contributed by atoms with E-state index in [0.29, 0.717) is 52.1 Å². The van der Waals surface area contributed by atoms with E-state index in [1.807, 2.05) is 0 Å². The molecule has 0 bridgehead atoms. The highest BCUT2D eigenvalue weighted by Gasteiger charge is 2.47. The third-order valence-electron chi connectivity index (χ3n) is 6.60. The number of halogens is 3. The zero-order valence-corrected chi connectivity index (χ0v) is 20.6. The maximum atomic E-state index is 13.5. The fraction of sp³-hybridized carbons (Fsp3) is 0.231. The first kappa shape index (κ1) is 25.0. The number of nitrogens with zero attached hydrogens (tertiary/aromatic N) is 3. The topological polar surface area (TPSA) is 88.2 Å². The monoisotopic (exact) mass is 528 g/mol. The standard InChI is InChI=1S/C26H23F3N4O3S/c1-3-37(34,35)33-13-10-25(33,2)16-36-21-15-30-12-9-19(21)23-22(24-20(32-23)8-5-11-31-24)17-6-4-7-18(14-17)26(27,28)29/h3-9,11-12,14-15,32H,1,10,13,16H2,2H3. The van der Waals surface area contributed by atoms with Crippen LogP contribution in [0.3, 0.4) is 0 Å². The van der Waals surface area contributed by atoms with E-state index >= 15 is 0 Å². The van der Waals surface area contributed by atoms with Crippen LogP contribution < -0.4 is 4.74 Å². The number of benzene rings is 1. The summed E-state index contributed by atoms with van der Waals surface area (Å²) in [5, 5.41) is 0.915. The molecule has 0 spiro atoms. The van der Waals surface area contributed by atoms with Gasteiger partial charge in [0.15, 0.2) is 0 Å². The normalized spacial score (nSPS) is 18.5. The molecule has 1 atom stereocenters. The lowest BCUT2D eigenvalue weighted by Gasteiger charge is -2.48. The molecule has 7 nitrogen and oxygen atoms in total. The Morgan fingerprint density at radius 2 is 2.03 bits per heavy atom. The molecule has 0 saturated carbocycles. The van der Waals surface area contributed by atoms with Crippen LogP contribution in [0.4, 0.5) is 13.2 Å². The molecule has 4 heterocycles. The molecule has 37 heavy (non-hydrogen) atoms. The van der Waals surface area contributed by atoms with E-state index in [1.165, 1.54) is 16.6 Å². The number of nitrogens with one attached hydrogen (secondary N) is 1. The van der Waals surface area contributed by atoms with Crippen molar-refractivity contribution in [3.05, 3.63) is 78.6 Å². The molecule has 4 aromatic rings. The summed E-state index contributed by atoms with van der Waals surface area (Å²) < 4.78 is 72.6. The van der Waals surface area contributed by atoms with Crippen molar-refractivity contribution in [1.82, 2.24) is 19.3 Å². The van der Waals surface area contributed by atoms with Crippen molar-refractivity contribution in [2.24, 2.45) is 0 Å². The van der Waals surface area contributed by atoms with Gasteiger partial charge in [0.25, 0.3) is 0 Å². The Labute approximate surface area is 211 Å². The van der Waals surface area contributed by atoms with Crippen LogP contribution >= 0.6 is 0 Å². The lowest BCUT2D eigenvalue weighted by atomic mass is 9.91. The second-order valence-electron chi connectivity index (χ2n) is 9.04. The first-order valence-corrected chi connectivity index (χ1v) is 12.9. The van der Waals surface area contributed by atoms with E-state index in [4.69, 9.17) is 4.74 Å². The van der Waals surface area contributed by atoms with Crippen molar-refractivity contribution < 1.29 is 26.3 Å². The fourth-order valence-electron chi connectivity index (χ4n) is 4.54. The van der Waals surface area contributed by atoms with Crippen molar-refractivity contribution in [1.29, 1.82) is 0 Å². The highest BCUT2D eigenvalue weighted by molar-refractivity contribution is 7.92. The highest BCUT2D eigenvalue weighted by atomic mass is 32.2. The number of fused-ring (bicyclic) bond motifs is 1. The predicted octanol–water partition coefficient (Wildman–Crippen LogP) is 5.63. The van der Waals surface area contributed by atoms with E-state index in [-0.39, 0.29) is 6.61 Å². The van der Waals surface area contributed by atoms with E-state index in [9.17, 15) is 21.6 Å². The molecule has 1 fully saturated rings. The molecule has 0 radical (unpaired) electrons. The Kier molecular flexibility index (Phi) is 6.07. The summed E-state index contributed by atoms with van der Waals surface area (Å²) in [6.07, 6.45) is 0.722. The first-order chi connectivity index (χ1) is 17.5. The van der Waals surface area contributed by atoms with Gasteiger partial charge < -0.3 is 9.72 Å². The van der Waals surface area contributed by atoms with Crippen molar-refractivity contribution in [2.75, 3.05) is 13.2 Å². The SMILES string of the molecule is C=CS(=O)(=O)N1CCC1(C)COc1cnccc1-c1[nH]c2cccnc2c1-c1cccc(C(F)(F)F)c1. The van der Waals surface area contributed by atoms with Crippen LogP contribution in [0.2, 0.25) is 0 Å². The molecule has 0 aliphatic carbocycles. The maximum absolute atomic E-state index is 13.5. The number of hydrogen-bond acceptors (Lipinski definition) is 5. The van der Waals surface area contributed by atoms with Crippen LogP contribution in [0.1, 0.15) is 18.9 Å². The van der Waals surface area contributed by atoms with E-state index < -0.39 is 27.3 Å². The number of pyridine rings is 2. The van der Waals surface area contributed by atoms with E-state index in [0.717, 1.165) is 17.5 Å². The Balaban J connectivity index is 1.58. The number of alkyl halides is 3. The zero-order chi connectivity index (χ0) is 26.4. The first-order valence-electron chi connectivity index (χ1n) is 11.4. The zero-order valence-electron chi connectivity index (χ0n) is 19.8. The van der Waals surface area contributed by atoms with Gasteiger partial charge in [0, 0.05) is 35.5 Å². The molecule has 1 aliphatic rings. The summed E-state index contributed by atoms with van der Waals surface area (Å²) in [5.74, 6) is 0.353. The molecule has 0 amide bonds. The number of aromatic amines is 1. The molecule has 5 rings (SSSR count). The fourth-order valence-corrected chi connectivity index (χ4v) is 5.83. The Morgan fingerprint density at radius 1 is 1.22 bits per heavy atom. The number of hydrogen-bond donors (Lipinski definition) is 1. The average molecular weight is 529 g/mol. The third kappa shape index (κ3) is 4.49. The smallest absolute Gasteiger partial charge is 0.416 e. The van der Waals surface area contributed by atoms with Crippen molar-refractivity contribution >= 4 is 21.1 Å². The van der Waals surface area contributed by atoms with Gasteiger partial charge in [0.2, 0.25) is 10.0 Å². The van der Waals surface area contributed by atoms with Crippen LogP contribution in [0.25, 0.3) is 33.4 Å². The second kappa shape index (κ2) is 9.00. The van der Waals surface area contributed by atoms with Gasteiger partial charge in [-0.05, 0) is 49.2 Å². The Hall–Kier alpha value is -3.70. The minimum absolute atomic E-state index is 0.0517. The second-order valence-corrected chi connectivity index (χ2v) is 10.8. The van der Waals surface area contributed by atoms with Gasteiger partial charge in [-0.2, -0.15) is 17.5 Å². The van der Waals surface area contributed by atoms with Gasteiger partial charge in [-0.25, -0.2) is 8.42 Å². The highest BCUT2D eigenvalue weighted by Crippen LogP contribution is 2.43.